The van der Waals surface area contributed by atoms with Crippen LogP contribution in [0.25, 0.3) is 0 Å². The maximum Gasteiger partial charge on any atom is 0.220 e. The van der Waals surface area contributed by atoms with Crippen molar-refractivity contribution in [2.45, 2.75) is 279 Å². The van der Waals surface area contributed by atoms with E-state index >= 15 is 0 Å². The van der Waals surface area contributed by atoms with Gasteiger partial charge in [0.1, 0.15) is 73.2 Å². The maximum atomic E-state index is 13.3. The highest BCUT2D eigenvalue weighted by molar-refractivity contribution is 5.76. The van der Waals surface area contributed by atoms with Crippen molar-refractivity contribution in [1.29, 1.82) is 0 Å². The summed E-state index contributed by atoms with van der Waals surface area (Å²) in [5.74, 6) is -0.328. The molecule has 80 heavy (non-hydrogen) atoms. The van der Waals surface area contributed by atoms with Gasteiger partial charge in [-0.05, 0) is 51.4 Å². The second kappa shape index (κ2) is 43.8. The number of rotatable bonds is 43. The Morgan fingerprint density at radius 1 is 0.463 bits per heavy atom. The van der Waals surface area contributed by atoms with Crippen LogP contribution in [0.4, 0.5) is 0 Å². The van der Waals surface area contributed by atoms with Gasteiger partial charge in [0.2, 0.25) is 5.91 Å². The fraction of sp³-hybridized carbons (Fsp3) is 0.787. The largest absolute Gasteiger partial charge is 0.394 e. The molecule has 0 aromatic heterocycles. The Hall–Kier alpha value is -2.77. The van der Waals surface area contributed by atoms with Crippen molar-refractivity contribution >= 4 is 5.91 Å². The van der Waals surface area contributed by atoms with E-state index in [0.717, 1.165) is 51.4 Å². The molecule has 19 nitrogen and oxygen atoms in total. The van der Waals surface area contributed by atoms with E-state index in [0.29, 0.717) is 25.7 Å². The molecule has 17 unspecified atom stereocenters. The molecule has 3 aliphatic heterocycles. The van der Waals surface area contributed by atoms with Crippen LogP contribution in [0.1, 0.15) is 174 Å². The predicted molar refractivity (Wildman–Crippen MR) is 305 cm³/mol. The molecule has 0 saturated carbocycles. The van der Waals surface area contributed by atoms with Gasteiger partial charge in [0.05, 0.1) is 38.6 Å². The van der Waals surface area contributed by atoms with Crippen LogP contribution >= 0.6 is 0 Å². The zero-order valence-electron chi connectivity index (χ0n) is 48.0. The standard InChI is InChI=1S/C61H105NO18/c1-3-5-7-9-11-13-15-17-19-21-22-23-25-27-29-31-33-35-37-39-49(67)62-44(45(66)38-36-34-32-30-28-26-24-20-18-16-14-12-10-8-6-4-2)43-75-59-55(73)52(70)57(47(41-64)77-59)80-61-56(74)53(71)58(48(42-65)78-61)79-60-54(72)51(69)50(68)46(40-63)76-60/h5,7,11,13,17,19,22-23,27,29,33,35,44-48,50-61,63-66,68-74H,3-4,6,8-10,12,14-16,18,20-21,24-26,28,30-32,34,36-43H2,1-2H3,(H,62,67)/b7-5-,13-11-,19-17-,23-22-,29-27-,35-33-. The summed E-state index contributed by atoms with van der Waals surface area (Å²) in [6, 6.07) is -0.931. The number of carbonyl (C=O) groups excluding carboxylic acids is 1. The van der Waals surface area contributed by atoms with E-state index in [1.54, 1.807) is 0 Å². The van der Waals surface area contributed by atoms with Gasteiger partial charge >= 0.3 is 0 Å². The van der Waals surface area contributed by atoms with Gasteiger partial charge in [-0.25, -0.2) is 0 Å². The van der Waals surface area contributed by atoms with Gasteiger partial charge in [0.25, 0.3) is 0 Å². The van der Waals surface area contributed by atoms with Gasteiger partial charge in [-0.2, -0.15) is 0 Å². The lowest BCUT2D eigenvalue weighted by Gasteiger charge is -2.48. The van der Waals surface area contributed by atoms with Crippen molar-refractivity contribution in [3.8, 4) is 0 Å². The number of nitrogens with one attached hydrogen (secondary N) is 1. The summed E-state index contributed by atoms with van der Waals surface area (Å²) in [6.45, 7) is 1.60. The monoisotopic (exact) mass is 1140 g/mol. The minimum Gasteiger partial charge on any atom is -0.394 e. The highest BCUT2D eigenvalue weighted by atomic mass is 16.8. The van der Waals surface area contributed by atoms with Gasteiger partial charge in [0.15, 0.2) is 18.9 Å². The third-order valence-electron chi connectivity index (χ3n) is 14.8. The molecule has 0 bridgehead atoms. The molecule has 3 heterocycles. The molecule has 3 fully saturated rings. The number of hydrogen-bond donors (Lipinski definition) is 12. The molecule has 0 radical (unpaired) electrons. The van der Waals surface area contributed by atoms with Gasteiger partial charge in [-0.3, -0.25) is 4.79 Å². The van der Waals surface area contributed by atoms with Crippen LogP contribution in [0.2, 0.25) is 0 Å². The summed E-state index contributed by atoms with van der Waals surface area (Å²) in [5.41, 5.74) is 0. The van der Waals surface area contributed by atoms with Crippen LogP contribution < -0.4 is 5.32 Å². The van der Waals surface area contributed by atoms with E-state index in [4.69, 9.17) is 28.4 Å². The van der Waals surface area contributed by atoms with E-state index in [-0.39, 0.29) is 18.9 Å². The first-order chi connectivity index (χ1) is 38.8. The Morgan fingerprint density at radius 2 is 0.838 bits per heavy atom. The highest BCUT2D eigenvalue weighted by Gasteiger charge is 2.53. The van der Waals surface area contributed by atoms with E-state index < -0.39 is 124 Å². The Morgan fingerprint density at radius 3 is 1.27 bits per heavy atom. The van der Waals surface area contributed by atoms with Crippen LogP contribution in [0.15, 0.2) is 72.9 Å². The molecule has 0 aromatic rings. The Labute approximate surface area is 477 Å². The van der Waals surface area contributed by atoms with E-state index in [1.165, 1.54) is 77.0 Å². The first kappa shape index (κ1) is 71.5. The van der Waals surface area contributed by atoms with Crippen LogP contribution in [-0.2, 0) is 33.2 Å². The quantitative estimate of drug-likeness (QED) is 0.0268. The molecule has 12 N–H and O–H groups in total. The molecule has 17 atom stereocenters. The third-order valence-corrected chi connectivity index (χ3v) is 14.8. The molecule has 3 saturated heterocycles. The van der Waals surface area contributed by atoms with Crippen molar-refractivity contribution in [1.82, 2.24) is 5.32 Å². The zero-order chi connectivity index (χ0) is 58.3. The summed E-state index contributed by atoms with van der Waals surface area (Å²) in [6.07, 6.45) is 24.2. The lowest BCUT2D eigenvalue weighted by atomic mass is 9.96. The summed E-state index contributed by atoms with van der Waals surface area (Å²) < 4.78 is 34.3. The number of hydrogen-bond acceptors (Lipinski definition) is 18. The summed E-state index contributed by atoms with van der Waals surface area (Å²) in [4.78, 5) is 13.3. The lowest BCUT2D eigenvalue weighted by molar-refractivity contribution is -0.379. The van der Waals surface area contributed by atoms with E-state index in [2.05, 4.69) is 79.9 Å². The summed E-state index contributed by atoms with van der Waals surface area (Å²) >= 11 is 0. The first-order valence-corrected chi connectivity index (χ1v) is 30.2. The number of unbranched alkanes of at least 4 members (excludes halogenated alkanes) is 15. The number of aliphatic hydroxyl groups excluding tert-OH is 11. The average Bonchev–Trinajstić information content (AvgIpc) is 3.50. The van der Waals surface area contributed by atoms with Crippen LogP contribution in [0, 0.1) is 0 Å². The van der Waals surface area contributed by atoms with Gasteiger partial charge in [-0.1, -0.05) is 189 Å². The van der Waals surface area contributed by atoms with Crippen molar-refractivity contribution in [3.05, 3.63) is 72.9 Å². The number of amides is 1. The van der Waals surface area contributed by atoms with Gasteiger partial charge in [0, 0.05) is 6.42 Å². The molecule has 0 aliphatic carbocycles. The van der Waals surface area contributed by atoms with E-state index in [9.17, 15) is 61.0 Å². The molecule has 19 heteroatoms. The number of ether oxygens (including phenoxy) is 6. The molecule has 0 aromatic carbocycles. The highest BCUT2D eigenvalue weighted by Crippen LogP contribution is 2.33. The van der Waals surface area contributed by atoms with Gasteiger partial charge in [-0.15, -0.1) is 0 Å². The van der Waals surface area contributed by atoms with Crippen molar-refractivity contribution in [2.75, 3.05) is 26.4 Å². The smallest absolute Gasteiger partial charge is 0.220 e. The molecular formula is C61H105NO18. The normalized spacial score (nSPS) is 30.5. The van der Waals surface area contributed by atoms with Crippen LogP contribution in [0.5, 0.6) is 0 Å². The van der Waals surface area contributed by atoms with E-state index in [1.807, 2.05) is 12.2 Å². The fourth-order valence-electron chi connectivity index (χ4n) is 9.86. The second-order valence-electron chi connectivity index (χ2n) is 21.4. The van der Waals surface area contributed by atoms with Crippen LogP contribution in [-0.4, -0.2) is 193 Å². The summed E-state index contributed by atoms with van der Waals surface area (Å²) in [7, 11) is 0. The van der Waals surface area contributed by atoms with Crippen LogP contribution in [0.3, 0.4) is 0 Å². The second-order valence-corrected chi connectivity index (χ2v) is 21.4. The molecule has 462 valence electrons. The predicted octanol–water partition coefficient (Wildman–Crippen LogP) is 5.43. The molecular weight excluding hydrogens is 1030 g/mol. The number of aliphatic hydroxyl groups is 11. The molecule has 3 rings (SSSR count). The topological polar surface area (TPSA) is 307 Å². The maximum absolute atomic E-state index is 13.3. The van der Waals surface area contributed by atoms with Crippen molar-refractivity contribution in [2.24, 2.45) is 0 Å². The SMILES string of the molecule is CC/C=C\C/C=C\C/C=C\C/C=C\C/C=C\C/C=C\CCC(=O)NC(COC1OC(CO)C(OC2OC(CO)C(OC3OC(CO)C(O)C(O)C3O)C(O)C2O)C(O)C1O)C(O)CCCCCCCCCCCCCCCCCC. The Balaban J connectivity index is 1.52. The summed E-state index contributed by atoms with van der Waals surface area (Å²) in [5, 5.41) is 120. The average molecular weight is 1140 g/mol. The Kier molecular flexibility index (Phi) is 39.2. The minimum atomic E-state index is -1.98. The molecule has 3 aliphatic rings. The Bertz CT molecular complexity index is 1740. The third kappa shape index (κ3) is 27.3. The molecule has 1 amide bonds. The zero-order valence-corrected chi connectivity index (χ0v) is 48.0. The molecule has 0 spiro atoms. The lowest BCUT2D eigenvalue weighted by Crippen LogP contribution is -2.66. The number of carbonyl (C=O) groups is 1. The fourth-order valence-corrected chi connectivity index (χ4v) is 9.86. The first-order valence-electron chi connectivity index (χ1n) is 30.2. The number of allylic oxidation sites excluding steroid dienone is 12. The van der Waals surface area contributed by atoms with Crippen molar-refractivity contribution < 1.29 is 89.4 Å². The van der Waals surface area contributed by atoms with Gasteiger partial charge < -0.3 is 89.9 Å². The minimum absolute atomic E-state index is 0.138. The van der Waals surface area contributed by atoms with Crippen molar-refractivity contribution in [3.63, 3.8) is 0 Å².